The van der Waals surface area contributed by atoms with Gasteiger partial charge in [-0.3, -0.25) is 4.79 Å². The van der Waals surface area contributed by atoms with Gasteiger partial charge in [0.15, 0.2) is 0 Å². The molecule has 1 saturated carbocycles. The van der Waals surface area contributed by atoms with Crippen molar-refractivity contribution in [1.82, 2.24) is 5.32 Å². The molecule has 0 heterocycles. The van der Waals surface area contributed by atoms with E-state index in [1.165, 1.54) is 0 Å². The minimum Gasteiger partial charge on any atom is -0.497 e. The van der Waals surface area contributed by atoms with Gasteiger partial charge in [-0.15, -0.1) is 12.4 Å². The van der Waals surface area contributed by atoms with Gasteiger partial charge in [-0.1, -0.05) is 12.1 Å². The first kappa shape index (κ1) is 17.8. The molecular formula is C16H25ClN2O2. The molecule has 118 valence electrons. The van der Waals surface area contributed by atoms with Crippen LogP contribution in [0.2, 0.25) is 0 Å². The van der Waals surface area contributed by atoms with E-state index >= 15 is 0 Å². The summed E-state index contributed by atoms with van der Waals surface area (Å²) in [5.41, 5.74) is 6.99. The highest BCUT2D eigenvalue weighted by Gasteiger charge is 2.19. The van der Waals surface area contributed by atoms with Crippen LogP contribution in [0.1, 0.15) is 37.7 Å². The summed E-state index contributed by atoms with van der Waals surface area (Å²) in [6.07, 6.45) is 5.31. The third kappa shape index (κ3) is 5.94. The molecule has 0 spiro atoms. The van der Waals surface area contributed by atoms with E-state index in [0.29, 0.717) is 18.5 Å². The number of amides is 1. The molecule has 21 heavy (non-hydrogen) atoms. The van der Waals surface area contributed by atoms with Gasteiger partial charge < -0.3 is 15.8 Å². The van der Waals surface area contributed by atoms with Crippen LogP contribution in [0, 0.1) is 0 Å². The predicted octanol–water partition coefficient (Wildman–Crippen LogP) is 2.44. The molecule has 1 aromatic carbocycles. The Morgan fingerprint density at radius 2 is 2.05 bits per heavy atom. The molecule has 4 nitrogen and oxygen atoms in total. The molecule has 0 aromatic heterocycles. The third-order valence-corrected chi connectivity index (χ3v) is 3.91. The van der Waals surface area contributed by atoms with Gasteiger partial charge in [0.25, 0.3) is 0 Å². The zero-order chi connectivity index (χ0) is 14.4. The fourth-order valence-electron chi connectivity index (χ4n) is 2.65. The lowest BCUT2D eigenvalue weighted by Gasteiger charge is -2.26. The van der Waals surface area contributed by atoms with E-state index < -0.39 is 0 Å². The van der Waals surface area contributed by atoms with Crippen molar-refractivity contribution in [3.05, 3.63) is 29.8 Å². The molecule has 1 aliphatic carbocycles. The first-order valence-electron chi connectivity index (χ1n) is 7.35. The maximum absolute atomic E-state index is 11.9. The van der Waals surface area contributed by atoms with E-state index in [2.05, 4.69) is 5.32 Å². The lowest BCUT2D eigenvalue weighted by atomic mass is 9.91. The molecule has 2 rings (SSSR count). The summed E-state index contributed by atoms with van der Waals surface area (Å²) in [6, 6.07) is 8.50. The Labute approximate surface area is 132 Å². The average molecular weight is 313 g/mol. The van der Waals surface area contributed by atoms with Crippen molar-refractivity contribution in [2.24, 2.45) is 5.73 Å². The van der Waals surface area contributed by atoms with Gasteiger partial charge in [-0.25, -0.2) is 0 Å². The number of ether oxygens (including phenoxy) is 1. The summed E-state index contributed by atoms with van der Waals surface area (Å²) in [4.78, 5) is 11.9. The van der Waals surface area contributed by atoms with Gasteiger partial charge >= 0.3 is 0 Å². The number of hydrogen-bond donors (Lipinski definition) is 2. The van der Waals surface area contributed by atoms with Gasteiger partial charge in [-0.05, 0) is 49.8 Å². The summed E-state index contributed by atoms with van der Waals surface area (Å²) >= 11 is 0. The lowest BCUT2D eigenvalue weighted by molar-refractivity contribution is -0.122. The SMILES string of the molecule is COc1cccc(CCC(=O)NC2CCC(N)CC2)c1.Cl. The topological polar surface area (TPSA) is 64.3 Å². The van der Waals surface area contributed by atoms with Crippen LogP contribution in [0.5, 0.6) is 5.75 Å². The molecule has 0 bridgehead atoms. The Kier molecular flexibility index (Phi) is 7.54. The summed E-state index contributed by atoms with van der Waals surface area (Å²) < 4.78 is 5.18. The summed E-state index contributed by atoms with van der Waals surface area (Å²) in [5, 5.41) is 3.11. The monoisotopic (exact) mass is 312 g/mol. The van der Waals surface area contributed by atoms with Crippen molar-refractivity contribution in [2.75, 3.05) is 7.11 Å². The van der Waals surface area contributed by atoms with Crippen molar-refractivity contribution in [1.29, 1.82) is 0 Å². The van der Waals surface area contributed by atoms with E-state index in [1.807, 2.05) is 24.3 Å². The van der Waals surface area contributed by atoms with Crippen LogP contribution in [-0.2, 0) is 11.2 Å². The minimum absolute atomic E-state index is 0. The van der Waals surface area contributed by atoms with Crippen LogP contribution in [-0.4, -0.2) is 25.1 Å². The van der Waals surface area contributed by atoms with Gasteiger partial charge in [-0.2, -0.15) is 0 Å². The molecule has 0 atom stereocenters. The van der Waals surface area contributed by atoms with Crippen LogP contribution >= 0.6 is 12.4 Å². The molecule has 1 amide bonds. The number of nitrogens with two attached hydrogens (primary N) is 1. The number of benzene rings is 1. The second-order valence-corrected chi connectivity index (χ2v) is 5.53. The number of methoxy groups -OCH3 is 1. The first-order chi connectivity index (χ1) is 9.67. The Balaban J connectivity index is 0.00000220. The third-order valence-electron chi connectivity index (χ3n) is 3.91. The molecule has 1 aromatic rings. The van der Waals surface area contributed by atoms with Crippen LogP contribution < -0.4 is 15.8 Å². The Morgan fingerprint density at radius 1 is 1.33 bits per heavy atom. The lowest BCUT2D eigenvalue weighted by Crippen LogP contribution is -2.40. The fourth-order valence-corrected chi connectivity index (χ4v) is 2.65. The van der Waals surface area contributed by atoms with Crippen molar-refractivity contribution in [3.63, 3.8) is 0 Å². The van der Waals surface area contributed by atoms with Gasteiger partial charge in [0.2, 0.25) is 5.91 Å². The van der Waals surface area contributed by atoms with Crippen LogP contribution in [0.15, 0.2) is 24.3 Å². The number of halogens is 1. The number of hydrogen-bond acceptors (Lipinski definition) is 3. The van der Waals surface area contributed by atoms with E-state index in [9.17, 15) is 4.79 Å². The smallest absolute Gasteiger partial charge is 0.220 e. The Hall–Kier alpha value is -1.26. The Bertz CT molecular complexity index is 446. The number of aryl methyl sites for hydroxylation is 1. The Morgan fingerprint density at radius 3 is 2.71 bits per heavy atom. The quantitative estimate of drug-likeness (QED) is 0.877. The van der Waals surface area contributed by atoms with Crippen molar-refractivity contribution < 1.29 is 9.53 Å². The summed E-state index contributed by atoms with van der Waals surface area (Å²) in [7, 11) is 1.65. The van der Waals surface area contributed by atoms with Gasteiger partial charge in [0, 0.05) is 18.5 Å². The first-order valence-corrected chi connectivity index (χ1v) is 7.35. The molecule has 1 aliphatic rings. The molecule has 0 radical (unpaired) electrons. The molecule has 0 unspecified atom stereocenters. The largest absolute Gasteiger partial charge is 0.497 e. The van der Waals surface area contributed by atoms with Crippen molar-refractivity contribution in [2.45, 2.75) is 50.6 Å². The van der Waals surface area contributed by atoms with Crippen LogP contribution in [0.4, 0.5) is 0 Å². The van der Waals surface area contributed by atoms with E-state index in [1.54, 1.807) is 7.11 Å². The van der Waals surface area contributed by atoms with Gasteiger partial charge in [0.1, 0.15) is 5.75 Å². The molecule has 1 fully saturated rings. The second-order valence-electron chi connectivity index (χ2n) is 5.53. The van der Waals surface area contributed by atoms with Crippen molar-refractivity contribution >= 4 is 18.3 Å². The van der Waals surface area contributed by atoms with Crippen LogP contribution in [0.3, 0.4) is 0 Å². The van der Waals surface area contributed by atoms with E-state index in [4.69, 9.17) is 10.5 Å². The minimum atomic E-state index is 0. The number of nitrogens with one attached hydrogen (secondary N) is 1. The van der Waals surface area contributed by atoms with Crippen LogP contribution in [0.25, 0.3) is 0 Å². The average Bonchev–Trinajstić information content (AvgIpc) is 2.48. The molecule has 0 aliphatic heterocycles. The van der Waals surface area contributed by atoms with Crippen molar-refractivity contribution in [3.8, 4) is 5.75 Å². The number of carbonyl (C=O) groups is 1. The molecule has 0 saturated heterocycles. The standard InChI is InChI=1S/C16H24N2O2.ClH/c1-20-15-4-2-3-12(11-15)5-10-16(19)18-14-8-6-13(17)7-9-14;/h2-4,11,13-14H,5-10,17H2,1H3,(H,18,19);1H. The zero-order valence-corrected chi connectivity index (χ0v) is 13.3. The normalized spacial score (nSPS) is 21.2. The zero-order valence-electron chi connectivity index (χ0n) is 12.5. The molecule has 5 heteroatoms. The second kappa shape index (κ2) is 8.90. The fraction of sp³-hybridized carbons (Fsp3) is 0.562. The summed E-state index contributed by atoms with van der Waals surface area (Å²) in [5.74, 6) is 0.970. The molecule has 3 N–H and O–H groups in total. The van der Waals surface area contributed by atoms with Gasteiger partial charge in [0.05, 0.1) is 7.11 Å². The highest BCUT2D eigenvalue weighted by atomic mass is 35.5. The number of rotatable bonds is 5. The maximum Gasteiger partial charge on any atom is 0.220 e. The van der Waals surface area contributed by atoms with E-state index in [-0.39, 0.29) is 18.3 Å². The highest BCUT2D eigenvalue weighted by Crippen LogP contribution is 2.17. The predicted molar refractivity (Wildman–Crippen MR) is 86.9 cm³/mol. The van der Waals surface area contributed by atoms with E-state index in [0.717, 1.165) is 43.4 Å². The number of carbonyl (C=O) groups excluding carboxylic acids is 1. The summed E-state index contributed by atoms with van der Waals surface area (Å²) in [6.45, 7) is 0. The maximum atomic E-state index is 11.9. The molecular weight excluding hydrogens is 288 g/mol. The highest BCUT2D eigenvalue weighted by molar-refractivity contribution is 5.85.